The minimum Gasteiger partial charge on any atom is -0.508 e. The van der Waals surface area contributed by atoms with Gasteiger partial charge in [-0.05, 0) is 48.9 Å². The lowest BCUT2D eigenvalue weighted by Crippen LogP contribution is -2.44. The second kappa shape index (κ2) is 7.90. The first kappa shape index (κ1) is 19.1. The third-order valence-corrected chi connectivity index (χ3v) is 5.01. The number of carbonyl (C=O) groups is 1. The molecule has 138 valence electrons. The van der Waals surface area contributed by atoms with Gasteiger partial charge < -0.3 is 10.0 Å². The molecule has 27 heavy (non-hydrogen) atoms. The molecule has 0 aliphatic carbocycles. The molecule has 0 unspecified atom stereocenters. The average Bonchev–Trinajstić information content (AvgIpc) is 2.62. The van der Waals surface area contributed by atoms with Crippen LogP contribution in [-0.4, -0.2) is 29.0 Å². The average molecular weight is 380 g/mol. The number of carbonyl (C=O) groups excluding carboxylic acids is 1. The van der Waals surface area contributed by atoms with Crippen molar-refractivity contribution in [3.05, 3.63) is 76.3 Å². The molecule has 3 nitrogen and oxygen atoms in total. The highest BCUT2D eigenvalue weighted by molar-refractivity contribution is 6.30. The van der Waals surface area contributed by atoms with Crippen LogP contribution in [0.3, 0.4) is 0 Å². The molecular weight excluding hydrogens is 358 g/mol. The normalized spacial score (nSPS) is 17.3. The maximum absolute atomic E-state index is 12.8. The van der Waals surface area contributed by atoms with Gasteiger partial charge in [0.1, 0.15) is 5.75 Å². The van der Waals surface area contributed by atoms with Crippen LogP contribution in [0.4, 0.5) is 0 Å². The molecule has 0 radical (unpaired) electrons. The molecular formula is C23H22ClNO2. The summed E-state index contributed by atoms with van der Waals surface area (Å²) in [5, 5.41) is 10.1. The van der Waals surface area contributed by atoms with Gasteiger partial charge >= 0.3 is 0 Å². The smallest absolute Gasteiger partial charge is 0.253 e. The largest absolute Gasteiger partial charge is 0.508 e. The molecule has 1 aliphatic rings. The summed E-state index contributed by atoms with van der Waals surface area (Å²) in [5.74, 6) is 6.37. The highest BCUT2D eigenvalue weighted by Crippen LogP contribution is 2.34. The van der Waals surface area contributed by atoms with Gasteiger partial charge in [-0.25, -0.2) is 0 Å². The Morgan fingerprint density at radius 1 is 1.22 bits per heavy atom. The third-order valence-electron chi connectivity index (χ3n) is 4.77. The number of benzene rings is 2. The van der Waals surface area contributed by atoms with E-state index in [0.29, 0.717) is 23.7 Å². The van der Waals surface area contributed by atoms with Crippen LogP contribution in [0.1, 0.15) is 36.2 Å². The lowest BCUT2D eigenvalue weighted by Gasteiger charge is -2.40. The Bertz CT molecular complexity index is 950. The lowest BCUT2D eigenvalue weighted by atomic mass is 9.78. The summed E-state index contributed by atoms with van der Waals surface area (Å²) in [7, 11) is 0. The maximum atomic E-state index is 12.8. The van der Waals surface area contributed by atoms with Crippen LogP contribution < -0.4 is 0 Å². The van der Waals surface area contributed by atoms with Crippen molar-refractivity contribution < 1.29 is 9.90 Å². The Morgan fingerprint density at radius 3 is 2.70 bits per heavy atom. The number of likely N-dealkylation sites (tertiary alicyclic amines) is 1. The Balaban J connectivity index is 1.73. The molecule has 1 aliphatic heterocycles. The van der Waals surface area contributed by atoms with Crippen molar-refractivity contribution in [2.45, 2.75) is 20.3 Å². The van der Waals surface area contributed by atoms with E-state index in [9.17, 15) is 9.90 Å². The summed E-state index contributed by atoms with van der Waals surface area (Å²) >= 11 is 6.01. The van der Waals surface area contributed by atoms with E-state index in [2.05, 4.69) is 25.7 Å². The van der Waals surface area contributed by atoms with E-state index in [-0.39, 0.29) is 17.1 Å². The second-order valence-corrected chi connectivity index (χ2v) is 7.80. The monoisotopic (exact) mass is 379 g/mol. The molecule has 1 N–H and O–H groups in total. The first-order valence-electron chi connectivity index (χ1n) is 8.90. The van der Waals surface area contributed by atoms with Crippen molar-refractivity contribution >= 4 is 17.5 Å². The summed E-state index contributed by atoms with van der Waals surface area (Å²) in [6.45, 7) is 5.56. The fourth-order valence-electron chi connectivity index (χ4n) is 3.29. The van der Waals surface area contributed by atoms with Crippen molar-refractivity contribution in [2.75, 3.05) is 13.1 Å². The number of aromatic hydroxyl groups is 1. The van der Waals surface area contributed by atoms with Crippen molar-refractivity contribution in [1.29, 1.82) is 0 Å². The van der Waals surface area contributed by atoms with E-state index in [1.807, 2.05) is 17.0 Å². The first-order chi connectivity index (χ1) is 12.8. The van der Waals surface area contributed by atoms with E-state index in [4.69, 9.17) is 11.6 Å². The van der Waals surface area contributed by atoms with Crippen LogP contribution in [0.15, 0.2) is 60.2 Å². The van der Waals surface area contributed by atoms with E-state index >= 15 is 0 Å². The number of nitrogens with zero attached hydrogens (tertiary/aromatic N) is 1. The number of rotatable bonds is 1. The molecule has 2 aromatic rings. The summed E-state index contributed by atoms with van der Waals surface area (Å²) < 4.78 is 0. The van der Waals surface area contributed by atoms with E-state index in [1.54, 1.807) is 42.5 Å². The van der Waals surface area contributed by atoms with Crippen LogP contribution in [0.25, 0.3) is 0 Å². The highest BCUT2D eigenvalue weighted by Gasteiger charge is 2.33. The van der Waals surface area contributed by atoms with Crippen LogP contribution in [0.5, 0.6) is 5.75 Å². The van der Waals surface area contributed by atoms with Crippen molar-refractivity contribution in [3.8, 4) is 17.6 Å². The molecule has 0 bridgehead atoms. The molecule has 1 fully saturated rings. The van der Waals surface area contributed by atoms with Gasteiger partial charge in [-0.15, -0.1) is 0 Å². The minimum atomic E-state index is -0.153. The molecule has 1 saturated heterocycles. The van der Waals surface area contributed by atoms with Gasteiger partial charge in [-0.1, -0.05) is 55.0 Å². The minimum absolute atomic E-state index is 0.00969. The second-order valence-electron chi connectivity index (χ2n) is 7.36. The van der Waals surface area contributed by atoms with Gasteiger partial charge in [-0.2, -0.15) is 0 Å². The third kappa shape index (κ3) is 4.72. The van der Waals surface area contributed by atoms with Gasteiger partial charge in [0, 0.05) is 34.7 Å². The van der Waals surface area contributed by atoms with Gasteiger partial charge in [0.05, 0.1) is 0 Å². The number of phenols is 1. The van der Waals surface area contributed by atoms with Crippen LogP contribution in [0, 0.1) is 17.3 Å². The maximum Gasteiger partial charge on any atom is 0.253 e. The molecule has 2 aromatic carbocycles. The van der Waals surface area contributed by atoms with E-state index < -0.39 is 0 Å². The zero-order valence-corrected chi connectivity index (χ0v) is 16.3. The summed E-state index contributed by atoms with van der Waals surface area (Å²) in [4.78, 5) is 14.7. The Labute approximate surface area is 165 Å². The standard InChI is InChI=1S/C23H22ClNO2/c1-23(2)16-25(22(27)18-8-5-10-20(24)15-18)13-12-19(23)9-3-6-17-7-4-11-21(26)14-17/h4-5,7-11,14-15,26H,12-13,16H2,1-2H3/b19-9+. The zero-order valence-electron chi connectivity index (χ0n) is 15.5. The van der Waals surface area contributed by atoms with Crippen LogP contribution in [-0.2, 0) is 0 Å². The molecule has 0 spiro atoms. The molecule has 1 heterocycles. The van der Waals surface area contributed by atoms with Crippen molar-refractivity contribution in [1.82, 2.24) is 4.90 Å². The predicted molar refractivity (Wildman–Crippen MR) is 109 cm³/mol. The summed E-state index contributed by atoms with van der Waals surface area (Å²) in [6.07, 6.45) is 2.74. The Kier molecular flexibility index (Phi) is 5.58. The number of piperidine rings is 1. The molecule has 0 aromatic heterocycles. The predicted octanol–water partition coefficient (Wildman–Crippen LogP) is 4.90. The Hall–Kier alpha value is -2.70. The molecule has 1 amide bonds. The molecule has 0 atom stereocenters. The van der Waals surface area contributed by atoms with E-state index in [1.165, 1.54) is 5.57 Å². The molecule has 3 rings (SSSR count). The Morgan fingerprint density at radius 2 is 2.00 bits per heavy atom. The van der Waals surface area contributed by atoms with Crippen molar-refractivity contribution in [2.24, 2.45) is 5.41 Å². The zero-order chi connectivity index (χ0) is 19.4. The van der Waals surface area contributed by atoms with Crippen LogP contribution >= 0.6 is 11.6 Å². The fraction of sp³-hybridized carbons (Fsp3) is 0.261. The number of amides is 1. The molecule has 0 saturated carbocycles. The van der Waals surface area contributed by atoms with E-state index in [0.717, 1.165) is 12.0 Å². The number of halogens is 1. The van der Waals surface area contributed by atoms with Crippen molar-refractivity contribution in [3.63, 3.8) is 0 Å². The highest BCUT2D eigenvalue weighted by atomic mass is 35.5. The van der Waals surface area contributed by atoms with Crippen LogP contribution in [0.2, 0.25) is 5.02 Å². The number of hydrogen-bond donors (Lipinski definition) is 1. The topological polar surface area (TPSA) is 40.5 Å². The van der Waals surface area contributed by atoms with Gasteiger partial charge in [0.25, 0.3) is 5.91 Å². The quantitative estimate of drug-likeness (QED) is 0.716. The van der Waals surface area contributed by atoms with Gasteiger partial charge in [-0.3, -0.25) is 4.79 Å². The molecule has 4 heteroatoms. The summed E-state index contributed by atoms with van der Waals surface area (Å²) in [5.41, 5.74) is 2.47. The lowest BCUT2D eigenvalue weighted by molar-refractivity contribution is 0.0663. The van der Waals surface area contributed by atoms with Gasteiger partial charge in [0.2, 0.25) is 0 Å². The summed E-state index contributed by atoms with van der Waals surface area (Å²) in [6, 6.07) is 14.0. The van der Waals surface area contributed by atoms with Gasteiger partial charge in [0.15, 0.2) is 0 Å². The number of phenolic OH excluding ortho intramolecular Hbond substituents is 1. The number of hydrogen-bond acceptors (Lipinski definition) is 2. The fourth-order valence-corrected chi connectivity index (χ4v) is 3.48. The number of allylic oxidation sites excluding steroid dienone is 1. The SMILES string of the molecule is CC1(C)CN(C(=O)c2cccc(Cl)c2)CC/C1=C\C#Cc1cccc(O)c1. The first-order valence-corrected chi connectivity index (χ1v) is 9.28.